The van der Waals surface area contributed by atoms with Gasteiger partial charge in [-0.05, 0) is 51.6 Å². The highest BCUT2D eigenvalue weighted by Crippen LogP contribution is 2.56. The number of benzene rings is 3. The van der Waals surface area contributed by atoms with Crippen molar-refractivity contribution < 1.29 is 0 Å². The van der Waals surface area contributed by atoms with Crippen molar-refractivity contribution in [2.75, 3.05) is 0 Å². The van der Waals surface area contributed by atoms with E-state index < -0.39 is 0 Å². The Morgan fingerprint density at radius 1 is 0.654 bits per heavy atom. The van der Waals surface area contributed by atoms with E-state index in [4.69, 9.17) is 11.6 Å². The molecule has 4 aromatic rings. The van der Waals surface area contributed by atoms with Crippen molar-refractivity contribution in [2.24, 2.45) is 0 Å². The Balaban J connectivity index is 1.98. The highest BCUT2D eigenvalue weighted by Gasteiger charge is 2.46. The molecule has 2 heteroatoms. The molecule has 0 saturated carbocycles. The van der Waals surface area contributed by atoms with Crippen molar-refractivity contribution in [1.29, 1.82) is 0 Å². The highest BCUT2D eigenvalue weighted by molar-refractivity contribution is 6.31. The topological polar surface area (TPSA) is 12.9 Å². The molecule has 1 atom stereocenters. The average molecular weight is 354 g/mol. The molecule has 0 aliphatic heterocycles. The van der Waals surface area contributed by atoms with Gasteiger partial charge in [-0.3, -0.25) is 4.98 Å². The number of pyridine rings is 1. The van der Waals surface area contributed by atoms with Crippen molar-refractivity contribution in [3.8, 4) is 11.1 Å². The molecular weight excluding hydrogens is 338 g/mol. The lowest BCUT2D eigenvalue weighted by molar-refractivity contribution is 0.763. The smallest absolute Gasteiger partial charge is 0.0728 e. The summed E-state index contributed by atoms with van der Waals surface area (Å²) >= 11 is 6.36. The number of nitrogens with zero attached hydrogens (tertiary/aromatic N) is 1. The summed E-state index contributed by atoms with van der Waals surface area (Å²) in [6.45, 7) is 0. The fraction of sp³-hybridized carbons (Fsp3) is 0.0417. The van der Waals surface area contributed by atoms with Crippen molar-refractivity contribution in [2.45, 2.75) is 5.41 Å². The molecule has 0 fully saturated rings. The van der Waals surface area contributed by atoms with Crippen LogP contribution in [0, 0.1) is 0 Å². The fourth-order valence-corrected chi connectivity index (χ4v) is 4.49. The second-order valence-electron chi connectivity index (χ2n) is 6.59. The minimum atomic E-state index is -0.383. The van der Waals surface area contributed by atoms with Crippen LogP contribution in [0.15, 0.2) is 97.3 Å². The van der Waals surface area contributed by atoms with Gasteiger partial charge in [0.2, 0.25) is 0 Å². The van der Waals surface area contributed by atoms with Gasteiger partial charge in [0.05, 0.1) is 5.41 Å². The second-order valence-corrected chi connectivity index (χ2v) is 7.03. The van der Waals surface area contributed by atoms with Crippen molar-refractivity contribution >= 4 is 11.6 Å². The summed E-state index contributed by atoms with van der Waals surface area (Å²) in [6.07, 6.45) is 3.80. The lowest BCUT2D eigenvalue weighted by Crippen LogP contribution is -2.28. The standard InChI is InChI=1S/C24H16ClN/c25-19-12-13-23-21(15-19)20-10-4-5-11-22(20)24(23,17-7-2-1-3-8-17)18-9-6-14-26-16-18/h1-16H. The third-order valence-electron chi connectivity index (χ3n) is 5.31. The van der Waals surface area contributed by atoms with Gasteiger partial charge in [0.1, 0.15) is 0 Å². The first-order valence-electron chi connectivity index (χ1n) is 8.68. The van der Waals surface area contributed by atoms with Crippen molar-refractivity contribution in [3.05, 3.63) is 125 Å². The number of rotatable bonds is 2. The van der Waals surface area contributed by atoms with Crippen LogP contribution in [0.25, 0.3) is 11.1 Å². The zero-order valence-corrected chi connectivity index (χ0v) is 14.8. The molecule has 1 heterocycles. The number of fused-ring (bicyclic) bond motifs is 3. The van der Waals surface area contributed by atoms with E-state index >= 15 is 0 Å². The van der Waals surface area contributed by atoms with Crippen molar-refractivity contribution in [3.63, 3.8) is 0 Å². The summed E-state index contributed by atoms with van der Waals surface area (Å²) in [5, 5.41) is 0.758. The molecule has 0 bridgehead atoms. The van der Waals surface area contributed by atoms with Gasteiger partial charge in [0.25, 0.3) is 0 Å². The Morgan fingerprint density at radius 3 is 2.19 bits per heavy atom. The minimum absolute atomic E-state index is 0.383. The van der Waals surface area contributed by atoms with Gasteiger partial charge < -0.3 is 0 Å². The summed E-state index contributed by atoms with van der Waals surface area (Å²) in [5.41, 5.74) is 6.98. The first-order valence-corrected chi connectivity index (χ1v) is 9.05. The van der Waals surface area contributed by atoms with Crippen LogP contribution >= 0.6 is 11.6 Å². The lowest BCUT2D eigenvalue weighted by atomic mass is 9.68. The molecule has 5 rings (SSSR count). The van der Waals surface area contributed by atoms with Gasteiger partial charge in [-0.1, -0.05) is 78.3 Å². The van der Waals surface area contributed by atoms with Crippen LogP contribution in [0.1, 0.15) is 22.3 Å². The molecule has 0 N–H and O–H groups in total. The summed E-state index contributed by atoms with van der Waals surface area (Å²) in [5.74, 6) is 0. The van der Waals surface area contributed by atoms with Crippen LogP contribution in [-0.4, -0.2) is 4.98 Å². The predicted octanol–water partition coefficient (Wildman–Crippen LogP) is 6.10. The van der Waals surface area contributed by atoms with Gasteiger partial charge in [-0.2, -0.15) is 0 Å². The van der Waals surface area contributed by atoms with Crippen LogP contribution in [0.2, 0.25) is 5.02 Å². The van der Waals surface area contributed by atoms with Crippen LogP contribution in [0.3, 0.4) is 0 Å². The summed E-state index contributed by atoms with van der Waals surface area (Å²) in [4.78, 5) is 4.44. The van der Waals surface area contributed by atoms with Crippen LogP contribution in [-0.2, 0) is 5.41 Å². The summed E-state index contributed by atoms with van der Waals surface area (Å²) < 4.78 is 0. The molecule has 1 aromatic heterocycles. The zero-order valence-electron chi connectivity index (χ0n) is 14.1. The van der Waals surface area contributed by atoms with E-state index in [0.717, 1.165) is 5.02 Å². The molecule has 124 valence electrons. The molecular formula is C24H16ClN. The second kappa shape index (κ2) is 5.82. The average Bonchev–Trinajstić information content (AvgIpc) is 3.00. The highest BCUT2D eigenvalue weighted by atomic mass is 35.5. The van der Waals surface area contributed by atoms with Gasteiger partial charge in [-0.25, -0.2) is 0 Å². The van der Waals surface area contributed by atoms with Crippen LogP contribution < -0.4 is 0 Å². The Hall–Kier alpha value is -2.90. The van der Waals surface area contributed by atoms with Gasteiger partial charge >= 0.3 is 0 Å². The van der Waals surface area contributed by atoms with Gasteiger partial charge in [0, 0.05) is 17.4 Å². The van der Waals surface area contributed by atoms with E-state index in [1.807, 2.05) is 24.5 Å². The first kappa shape index (κ1) is 15.4. The van der Waals surface area contributed by atoms with Gasteiger partial charge in [-0.15, -0.1) is 0 Å². The molecule has 1 aliphatic carbocycles. The number of hydrogen-bond donors (Lipinski definition) is 0. The predicted molar refractivity (Wildman–Crippen MR) is 107 cm³/mol. The van der Waals surface area contributed by atoms with Crippen LogP contribution in [0.4, 0.5) is 0 Å². The van der Waals surface area contributed by atoms with E-state index in [0.29, 0.717) is 0 Å². The monoisotopic (exact) mass is 353 g/mol. The molecule has 0 spiro atoms. The molecule has 1 aliphatic rings. The molecule has 26 heavy (non-hydrogen) atoms. The lowest BCUT2D eigenvalue weighted by Gasteiger charge is -2.33. The zero-order chi connectivity index (χ0) is 17.6. The fourth-order valence-electron chi connectivity index (χ4n) is 4.32. The molecule has 1 nitrogen and oxygen atoms in total. The largest absolute Gasteiger partial charge is 0.264 e. The maximum absolute atomic E-state index is 6.36. The Morgan fingerprint density at radius 2 is 1.38 bits per heavy atom. The van der Waals surface area contributed by atoms with E-state index in [2.05, 4.69) is 77.8 Å². The Bertz CT molecular complexity index is 1050. The molecule has 3 aromatic carbocycles. The molecule has 0 saturated heterocycles. The summed E-state index contributed by atoms with van der Waals surface area (Å²) in [7, 11) is 0. The quantitative estimate of drug-likeness (QED) is 0.373. The third kappa shape index (κ3) is 2.01. The van der Waals surface area contributed by atoms with Crippen molar-refractivity contribution in [1.82, 2.24) is 4.98 Å². The van der Waals surface area contributed by atoms with Gasteiger partial charge in [0.15, 0.2) is 0 Å². The summed E-state index contributed by atoms with van der Waals surface area (Å²) in [6, 6.07) is 29.7. The first-order chi connectivity index (χ1) is 12.8. The molecule has 1 unspecified atom stereocenters. The Labute approximate surface area is 157 Å². The maximum atomic E-state index is 6.36. The van der Waals surface area contributed by atoms with E-state index in [1.54, 1.807) is 0 Å². The number of halogens is 1. The van der Waals surface area contributed by atoms with E-state index in [-0.39, 0.29) is 5.41 Å². The van der Waals surface area contributed by atoms with E-state index in [9.17, 15) is 0 Å². The Kier molecular flexibility index (Phi) is 3.44. The number of hydrogen-bond acceptors (Lipinski definition) is 1. The molecule has 0 radical (unpaired) electrons. The van der Waals surface area contributed by atoms with E-state index in [1.165, 1.54) is 33.4 Å². The maximum Gasteiger partial charge on any atom is 0.0728 e. The minimum Gasteiger partial charge on any atom is -0.264 e. The molecule has 0 amide bonds. The third-order valence-corrected chi connectivity index (χ3v) is 5.54. The normalized spacial score (nSPS) is 17.6. The SMILES string of the molecule is Clc1ccc2c(c1)-c1ccccc1C2(c1ccccc1)c1cccnc1. The number of aromatic nitrogens is 1. The van der Waals surface area contributed by atoms with Crippen LogP contribution in [0.5, 0.6) is 0 Å².